The summed E-state index contributed by atoms with van der Waals surface area (Å²) in [6.45, 7) is 2.31. The van der Waals surface area contributed by atoms with Crippen LogP contribution in [0.3, 0.4) is 0 Å². The van der Waals surface area contributed by atoms with E-state index in [1.54, 1.807) is 0 Å². The smallest absolute Gasteiger partial charge is 0.339 e. The summed E-state index contributed by atoms with van der Waals surface area (Å²) in [4.78, 5) is 11.2. The molecule has 0 aromatic heterocycles. The Bertz CT molecular complexity index is 269. The monoisotopic (exact) mass is 184 g/mol. The van der Waals surface area contributed by atoms with Crippen molar-refractivity contribution in [1.29, 1.82) is 0 Å². The van der Waals surface area contributed by atoms with E-state index in [0.29, 0.717) is 12.2 Å². The van der Waals surface area contributed by atoms with Crippen LogP contribution in [0, 0.1) is 0 Å². The highest BCUT2D eigenvalue weighted by Gasteiger charge is 2.34. The highest BCUT2D eigenvalue weighted by Crippen LogP contribution is 2.30. The molecule has 0 spiro atoms. The molecule has 2 aliphatic heterocycles. The molecule has 72 valence electrons. The topological polar surface area (TPSA) is 55.8 Å². The maximum atomic E-state index is 11.2. The number of aliphatic hydroxyl groups is 1. The van der Waals surface area contributed by atoms with E-state index in [4.69, 9.17) is 9.47 Å². The van der Waals surface area contributed by atoms with E-state index < -0.39 is 12.3 Å². The Labute approximate surface area is 76.1 Å². The minimum absolute atomic E-state index is 0.0142. The minimum atomic E-state index is -1.09. The molecule has 0 saturated carbocycles. The standard InChI is InChI=1S/C9H12O4/c1-5-4-6-2-3-12-8(10)7(6)9(11)13-5/h5,9,11H,2-4H2,1H3/t5-,9+/m0/s1. The van der Waals surface area contributed by atoms with E-state index in [1.807, 2.05) is 6.92 Å². The van der Waals surface area contributed by atoms with E-state index in [-0.39, 0.29) is 6.10 Å². The van der Waals surface area contributed by atoms with Gasteiger partial charge in [0.2, 0.25) is 0 Å². The maximum Gasteiger partial charge on any atom is 0.339 e. The van der Waals surface area contributed by atoms with Crippen molar-refractivity contribution < 1.29 is 19.4 Å². The van der Waals surface area contributed by atoms with Crippen LogP contribution < -0.4 is 0 Å². The molecule has 0 aromatic rings. The van der Waals surface area contributed by atoms with E-state index >= 15 is 0 Å². The van der Waals surface area contributed by atoms with Gasteiger partial charge in [0.05, 0.1) is 18.3 Å². The number of carbonyl (C=O) groups excluding carboxylic acids is 1. The third kappa shape index (κ3) is 1.47. The predicted octanol–water partition coefficient (Wildman–Crippen LogP) is 0.357. The number of carbonyl (C=O) groups is 1. The van der Waals surface area contributed by atoms with Gasteiger partial charge in [0.15, 0.2) is 6.29 Å². The van der Waals surface area contributed by atoms with Crippen molar-refractivity contribution >= 4 is 5.97 Å². The SMILES string of the molecule is C[C@H]1CC2=C(C(=O)OCC2)[C@H](O)O1. The minimum Gasteiger partial charge on any atom is -0.462 e. The largest absolute Gasteiger partial charge is 0.462 e. The molecule has 0 fully saturated rings. The first kappa shape index (κ1) is 8.72. The van der Waals surface area contributed by atoms with Crippen LogP contribution in [0.1, 0.15) is 19.8 Å². The Morgan fingerprint density at radius 3 is 3.08 bits per heavy atom. The lowest BCUT2D eigenvalue weighted by molar-refractivity contribution is -0.155. The normalized spacial score (nSPS) is 34.2. The second-order valence-corrected chi connectivity index (χ2v) is 3.41. The van der Waals surface area contributed by atoms with Crippen LogP contribution in [0.2, 0.25) is 0 Å². The zero-order chi connectivity index (χ0) is 9.42. The van der Waals surface area contributed by atoms with Crippen LogP contribution in [0.4, 0.5) is 0 Å². The van der Waals surface area contributed by atoms with Crippen LogP contribution >= 0.6 is 0 Å². The Hall–Kier alpha value is -0.870. The zero-order valence-electron chi connectivity index (χ0n) is 7.45. The summed E-state index contributed by atoms with van der Waals surface area (Å²) in [5, 5.41) is 9.46. The van der Waals surface area contributed by atoms with E-state index in [0.717, 1.165) is 18.4 Å². The lowest BCUT2D eigenvalue weighted by atomic mass is 9.95. The summed E-state index contributed by atoms with van der Waals surface area (Å²) in [6.07, 6.45) is 0.346. The Kier molecular flexibility index (Phi) is 2.09. The van der Waals surface area contributed by atoms with Crippen molar-refractivity contribution in [3.63, 3.8) is 0 Å². The zero-order valence-corrected chi connectivity index (χ0v) is 7.45. The second-order valence-electron chi connectivity index (χ2n) is 3.41. The molecule has 1 N–H and O–H groups in total. The summed E-state index contributed by atoms with van der Waals surface area (Å²) in [7, 11) is 0. The van der Waals surface area contributed by atoms with Crippen molar-refractivity contribution in [2.45, 2.75) is 32.2 Å². The molecule has 13 heavy (non-hydrogen) atoms. The van der Waals surface area contributed by atoms with Gasteiger partial charge in [-0.05, 0) is 18.9 Å². The molecule has 0 radical (unpaired) electrons. The van der Waals surface area contributed by atoms with Gasteiger partial charge in [-0.1, -0.05) is 0 Å². The van der Waals surface area contributed by atoms with Gasteiger partial charge < -0.3 is 14.6 Å². The molecule has 2 atom stereocenters. The molecule has 4 nitrogen and oxygen atoms in total. The third-order valence-corrected chi connectivity index (χ3v) is 2.38. The molecule has 2 heterocycles. The van der Waals surface area contributed by atoms with Gasteiger partial charge in [-0.25, -0.2) is 4.79 Å². The number of esters is 1. The predicted molar refractivity (Wildman–Crippen MR) is 43.8 cm³/mol. The van der Waals surface area contributed by atoms with Crippen LogP contribution in [0.5, 0.6) is 0 Å². The fourth-order valence-corrected chi connectivity index (χ4v) is 1.79. The molecule has 0 aromatic carbocycles. The van der Waals surface area contributed by atoms with Gasteiger partial charge >= 0.3 is 5.97 Å². The maximum absolute atomic E-state index is 11.2. The van der Waals surface area contributed by atoms with E-state index in [9.17, 15) is 9.90 Å². The third-order valence-electron chi connectivity index (χ3n) is 2.38. The molecule has 2 rings (SSSR count). The highest BCUT2D eigenvalue weighted by molar-refractivity contribution is 5.91. The molecule has 0 unspecified atom stereocenters. The average molecular weight is 184 g/mol. The van der Waals surface area contributed by atoms with Gasteiger partial charge in [-0.3, -0.25) is 0 Å². The number of hydrogen-bond acceptors (Lipinski definition) is 4. The van der Waals surface area contributed by atoms with Gasteiger partial charge in [0, 0.05) is 6.42 Å². The summed E-state index contributed by atoms with van der Waals surface area (Å²) < 4.78 is 9.94. The number of aliphatic hydroxyl groups excluding tert-OH is 1. The quantitative estimate of drug-likeness (QED) is 0.552. The molecule has 0 aliphatic carbocycles. The second kappa shape index (κ2) is 3.12. The number of hydrogen-bond donors (Lipinski definition) is 1. The highest BCUT2D eigenvalue weighted by atomic mass is 16.6. The van der Waals surface area contributed by atoms with Crippen molar-refractivity contribution in [2.75, 3.05) is 6.61 Å². The molecular weight excluding hydrogens is 172 g/mol. The van der Waals surface area contributed by atoms with E-state index in [1.165, 1.54) is 0 Å². The Balaban J connectivity index is 2.32. The molecule has 0 saturated heterocycles. The first-order valence-electron chi connectivity index (χ1n) is 4.41. The van der Waals surface area contributed by atoms with E-state index in [2.05, 4.69) is 0 Å². The molecular formula is C9H12O4. The molecule has 0 bridgehead atoms. The average Bonchev–Trinajstić information content (AvgIpc) is 2.02. The van der Waals surface area contributed by atoms with Crippen LogP contribution in [-0.4, -0.2) is 30.1 Å². The van der Waals surface area contributed by atoms with Crippen LogP contribution in [-0.2, 0) is 14.3 Å². The fraction of sp³-hybridized carbons (Fsp3) is 0.667. The van der Waals surface area contributed by atoms with Crippen molar-refractivity contribution in [3.8, 4) is 0 Å². The van der Waals surface area contributed by atoms with Gasteiger partial charge in [-0.2, -0.15) is 0 Å². The molecule has 0 amide bonds. The molecule has 2 aliphatic rings. The van der Waals surface area contributed by atoms with Crippen LogP contribution in [0.25, 0.3) is 0 Å². The Morgan fingerprint density at radius 2 is 2.31 bits per heavy atom. The Morgan fingerprint density at radius 1 is 1.54 bits per heavy atom. The number of ether oxygens (including phenoxy) is 2. The summed E-state index contributed by atoms with van der Waals surface area (Å²) in [6, 6.07) is 0. The van der Waals surface area contributed by atoms with Gasteiger partial charge in [-0.15, -0.1) is 0 Å². The first-order chi connectivity index (χ1) is 6.18. The van der Waals surface area contributed by atoms with Crippen molar-refractivity contribution in [2.24, 2.45) is 0 Å². The van der Waals surface area contributed by atoms with Gasteiger partial charge in [0.25, 0.3) is 0 Å². The lowest BCUT2D eigenvalue weighted by Crippen LogP contribution is -2.35. The number of cyclic esters (lactones) is 1. The molecule has 4 heteroatoms. The summed E-state index contributed by atoms with van der Waals surface area (Å²) in [5.41, 5.74) is 1.31. The summed E-state index contributed by atoms with van der Waals surface area (Å²) in [5.74, 6) is -0.430. The van der Waals surface area contributed by atoms with Gasteiger partial charge in [0.1, 0.15) is 0 Å². The van der Waals surface area contributed by atoms with Crippen molar-refractivity contribution in [3.05, 3.63) is 11.1 Å². The first-order valence-corrected chi connectivity index (χ1v) is 4.41. The fourth-order valence-electron chi connectivity index (χ4n) is 1.79. The lowest BCUT2D eigenvalue weighted by Gasteiger charge is -2.31. The van der Waals surface area contributed by atoms with Crippen LogP contribution in [0.15, 0.2) is 11.1 Å². The van der Waals surface area contributed by atoms with Crippen molar-refractivity contribution in [1.82, 2.24) is 0 Å². The summed E-state index contributed by atoms with van der Waals surface area (Å²) >= 11 is 0. The number of rotatable bonds is 0.